The van der Waals surface area contributed by atoms with Crippen LogP contribution in [0.1, 0.15) is 6.92 Å². The summed E-state index contributed by atoms with van der Waals surface area (Å²) in [7, 11) is -2.22. The number of guanidine groups is 1. The number of ether oxygens (including phenoxy) is 1. The molecule has 0 saturated heterocycles. The number of rotatable bonds is 4. The average Bonchev–Trinajstić information content (AvgIpc) is 2.42. The Morgan fingerprint density at radius 1 is 1.43 bits per heavy atom. The van der Waals surface area contributed by atoms with E-state index in [0.29, 0.717) is 18.0 Å². The third kappa shape index (κ3) is 3.63. The van der Waals surface area contributed by atoms with E-state index in [0.717, 1.165) is 0 Å². The second kappa shape index (κ2) is 6.00. The van der Waals surface area contributed by atoms with Crippen LogP contribution in [0.2, 0.25) is 0 Å². The highest BCUT2D eigenvalue weighted by molar-refractivity contribution is 7.90. The van der Waals surface area contributed by atoms with Gasteiger partial charge in [-0.15, -0.1) is 0 Å². The van der Waals surface area contributed by atoms with Gasteiger partial charge in [0, 0.05) is 19.5 Å². The van der Waals surface area contributed by atoms with Crippen LogP contribution in [0, 0.1) is 0 Å². The maximum atomic E-state index is 12.1. The van der Waals surface area contributed by atoms with Crippen LogP contribution in [0.3, 0.4) is 0 Å². The van der Waals surface area contributed by atoms with E-state index in [2.05, 4.69) is 20.3 Å². The monoisotopic (exact) mass is 312 g/mol. The van der Waals surface area contributed by atoms with Crippen molar-refractivity contribution in [2.24, 2.45) is 4.99 Å². The van der Waals surface area contributed by atoms with E-state index in [1.54, 1.807) is 12.1 Å². The third-order valence-electron chi connectivity index (χ3n) is 2.72. The van der Waals surface area contributed by atoms with Crippen molar-refractivity contribution in [2.75, 3.05) is 25.5 Å². The zero-order chi connectivity index (χ0) is 15.5. The predicted molar refractivity (Wildman–Crippen MR) is 77.9 cm³/mol. The first-order valence-electron chi connectivity index (χ1n) is 6.19. The molecule has 1 aromatic carbocycles. The van der Waals surface area contributed by atoms with Gasteiger partial charge in [0.1, 0.15) is 10.6 Å². The van der Waals surface area contributed by atoms with E-state index in [1.807, 2.05) is 0 Å². The van der Waals surface area contributed by atoms with Crippen molar-refractivity contribution >= 4 is 27.6 Å². The first-order valence-corrected chi connectivity index (χ1v) is 7.67. The highest BCUT2D eigenvalue weighted by atomic mass is 32.2. The van der Waals surface area contributed by atoms with Gasteiger partial charge in [0.25, 0.3) is 10.0 Å². The molecule has 0 bridgehead atoms. The Bertz CT molecular complexity index is 684. The molecule has 9 heteroatoms. The van der Waals surface area contributed by atoms with Crippen LogP contribution in [0.4, 0.5) is 5.69 Å². The predicted octanol–water partition coefficient (Wildman–Crippen LogP) is -0.109. The van der Waals surface area contributed by atoms with Crippen LogP contribution in [0.15, 0.2) is 28.1 Å². The van der Waals surface area contributed by atoms with Crippen molar-refractivity contribution in [1.82, 2.24) is 10.0 Å². The molecule has 1 amide bonds. The number of carbonyl (C=O) groups excluding carboxylic acids is 1. The van der Waals surface area contributed by atoms with Crippen LogP contribution in [-0.2, 0) is 14.8 Å². The number of methoxy groups -OCH3 is 1. The normalized spacial score (nSPS) is 17.3. The number of hydrogen-bond acceptors (Lipinski definition) is 5. The fourth-order valence-corrected chi connectivity index (χ4v) is 2.92. The van der Waals surface area contributed by atoms with Gasteiger partial charge in [-0.25, -0.2) is 13.1 Å². The first kappa shape index (κ1) is 15.1. The van der Waals surface area contributed by atoms with Gasteiger partial charge in [0.15, 0.2) is 0 Å². The van der Waals surface area contributed by atoms with Gasteiger partial charge >= 0.3 is 0 Å². The molecular weight excluding hydrogens is 296 g/mol. The summed E-state index contributed by atoms with van der Waals surface area (Å²) in [5.74, 6) is 0.412. The maximum Gasteiger partial charge on any atom is 0.266 e. The Balaban J connectivity index is 2.18. The Morgan fingerprint density at radius 2 is 2.19 bits per heavy atom. The smallest absolute Gasteiger partial charge is 0.266 e. The Morgan fingerprint density at radius 3 is 2.86 bits per heavy atom. The lowest BCUT2D eigenvalue weighted by molar-refractivity contribution is -0.118. The average molecular weight is 312 g/mol. The Kier molecular flexibility index (Phi) is 4.32. The van der Waals surface area contributed by atoms with E-state index < -0.39 is 10.0 Å². The van der Waals surface area contributed by atoms with Gasteiger partial charge in [0.2, 0.25) is 11.9 Å². The molecule has 1 heterocycles. The van der Waals surface area contributed by atoms with Gasteiger partial charge in [-0.05, 0) is 12.1 Å². The fraction of sp³-hybridized carbons (Fsp3) is 0.333. The maximum absolute atomic E-state index is 12.1. The molecule has 8 nitrogen and oxygen atoms in total. The number of hydrogen-bond donors (Lipinski definition) is 3. The van der Waals surface area contributed by atoms with Crippen LogP contribution < -0.4 is 20.1 Å². The molecule has 0 unspecified atom stereocenters. The summed E-state index contributed by atoms with van der Waals surface area (Å²) in [6, 6.07) is 4.69. The van der Waals surface area contributed by atoms with E-state index in [4.69, 9.17) is 4.74 Å². The molecule has 1 aliphatic heterocycles. The number of aliphatic imine (C=N–C) groups is 1. The summed E-state index contributed by atoms with van der Waals surface area (Å²) < 4.78 is 31.6. The largest absolute Gasteiger partial charge is 0.497 e. The highest BCUT2D eigenvalue weighted by Gasteiger charge is 2.26. The van der Waals surface area contributed by atoms with Crippen LogP contribution in [0.25, 0.3) is 0 Å². The molecular formula is C12H16N4O4S. The first-order chi connectivity index (χ1) is 9.92. The van der Waals surface area contributed by atoms with Gasteiger partial charge in [-0.3, -0.25) is 9.79 Å². The fourth-order valence-electron chi connectivity index (χ4n) is 1.76. The van der Waals surface area contributed by atoms with Crippen molar-refractivity contribution < 1.29 is 17.9 Å². The Hall–Kier alpha value is -2.29. The summed E-state index contributed by atoms with van der Waals surface area (Å²) >= 11 is 0. The van der Waals surface area contributed by atoms with E-state index in [9.17, 15) is 13.2 Å². The standard InChI is InChI=1S/C12H16N4O4S/c1-8(17)13-5-6-14-12-15-10-4-3-9(20-2)7-11(10)21(18,19)16-12/h3-4,7H,5-6H2,1-2H3,(H,13,17)(H2,14,15,16). The van der Waals surface area contributed by atoms with Crippen molar-refractivity contribution in [3.63, 3.8) is 0 Å². The van der Waals surface area contributed by atoms with Crippen molar-refractivity contribution in [3.8, 4) is 5.75 Å². The molecule has 0 aromatic heterocycles. The summed E-state index contributed by atoms with van der Waals surface area (Å²) in [5.41, 5.74) is 0.424. The summed E-state index contributed by atoms with van der Waals surface area (Å²) in [4.78, 5) is 14.9. The second-order valence-corrected chi connectivity index (χ2v) is 5.96. The van der Waals surface area contributed by atoms with Crippen LogP contribution in [0.5, 0.6) is 5.75 Å². The SMILES string of the molecule is COc1ccc2c(c1)S(=O)(=O)NC(=NCCNC(C)=O)N2. The number of fused-ring (bicyclic) bond motifs is 1. The number of nitrogens with zero attached hydrogens (tertiary/aromatic N) is 1. The summed E-state index contributed by atoms with van der Waals surface area (Å²) in [6.45, 7) is 1.99. The van der Waals surface area contributed by atoms with Gasteiger partial charge in [-0.1, -0.05) is 0 Å². The minimum Gasteiger partial charge on any atom is -0.497 e. The number of carbonyl (C=O) groups is 1. The Labute approximate surface area is 122 Å². The van der Waals surface area contributed by atoms with Crippen molar-refractivity contribution in [3.05, 3.63) is 18.2 Å². The molecule has 2 rings (SSSR count). The lowest BCUT2D eigenvalue weighted by Crippen LogP contribution is -2.41. The topological polar surface area (TPSA) is 109 Å². The summed E-state index contributed by atoms with van der Waals surface area (Å²) in [5, 5.41) is 5.46. The quantitative estimate of drug-likeness (QED) is 0.672. The number of anilines is 1. The summed E-state index contributed by atoms with van der Waals surface area (Å²) in [6.07, 6.45) is 0. The third-order valence-corrected chi connectivity index (χ3v) is 4.10. The van der Waals surface area contributed by atoms with Gasteiger partial charge in [-0.2, -0.15) is 0 Å². The van der Waals surface area contributed by atoms with Crippen molar-refractivity contribution in [2.45, 2.75) is 11.8 Å². The van der Waals surface area contributed by atoms with E-state index >= 15 is 0 Å². The van der Waals surface area contributed by atoms with E-state index in [1.165, 1.54) is 20.1 Å². The molecule has 0 atom stereocenters. The molecule has 1 aliphatic rings. The zero-order valence-electron chi connectivity index (χ0n) is 11.6. The molecule has 114 valence electrons. The number of nitrogens with one attached hydrogen (secondary N) is 3. The van der Waals surface area contributed by atoms with Crippen molar-refractivity contribution in [1.29, 1.82) is 0 Å². The van der Waals surface area contributed by atoms with E-state index in [-0.39, 0.29) is 23.3 Å². The molecule has 0 fully saturated rings. The highest BCUT2D eigenvalue weighted by Crippen LogP contribution is 2.28. The second-order valence-electron chi connectivity index (χ2n) is 4.31. The lowest BCUT2D eigenvalue weighted by Gasteiger charge is -2.21. The molecule has 0 saturated carbocycles. The lowest BCUT2D eigenvalue weighted by atomic mass is 10.3. The molecule has 3 N–H and O–H groups in total. The number of sulfonamides is 1. The van der Waals surface area contributed by atoms with Crippen LogP contribution >= 0.6 is 0 Å². The minimum absolute atomic E-state index is 0.0997. The van der Waals surface area contributed by atoms with Gasteiger partial charge < -0.3 is 15.4 Å². The molecule has 0 aliphatic carbocycles. The van der Waals surface area contributed by atoms with Crippen LogP contribution in [-0.4, -0.2) is 40.5 Å². The molecule has 0 radical (unpaired) electrons. The number of benzene rings is 1. The molecule has 21 heavy (non-hydrogen) atoms. The number of amides is 1. The minimum atomic E-state index is -3.69. The molecule has 1 aromatic rings. The zero-order valence-corrected chi connectivity index (χ0v) is 12.5. The molecule has 0 spiro atoms. The van der Waals surface area contributed by atoms with Gasteiger partial charge in [0.05, 0.1) is 19.3 Å².